The third-order valence-electron chi connectivity index (χ3n) is 2.61. The van der Waals surface area contributed by atoms with Crippen molar-refractivity contribution in [2.45, 2.75) is 26.4 Å². The first-order chi connectivity index (χ1) is 9.65. The van der Waals surface area contributed by atoms with E-state index < -0.39 is 0 Å². The zero-order valence-electron chi connectivity index (χ0n) is 11.6. The molecule has 2 aromatic heterocycles. The van der Waals surface area contributed by atoms with E-state index in [1.807, 2.05) is 32.0 Å². The van der Waals surface area contributed by atoms with Crippen LogP contribution in [0.1, 0.15) is 29.9 Å². The summed E-state index contributed by atoms with van der Waals surface area (Å²) in [6, 6.07) is 7.69. The summed E-state index contributed by atoms with van der Waals surface area (Å²) in [6.45, 7) is 4.48. The molecule has 0 atom stereocenters. The molecule has 20 heavy (non-hydrogen) atoms. The number of aromatic nitrogens is 2. The Balaban J connectivity index is 1.98. The van der Waals surface area contributed by atoms with E-state index in [2.05, 4.69) is 20.6 Å². The van der Waals surface area contributed by atoms with Gasteiger partial charge in [0.05, 0.1) is 23.5 Å². The summed E-state index contributed by atoms with van der Waals surface area (Å²) in [5, 5.41) is 6.05. The second-order valence-corrected chi connectivity index (χ2v) is 4.77. The molecule has 2 heterocycles. The summed E-state index contributed by atoms with van der Waals surface area (Å²) in [7, 11) is 0. The number of rotatable bonds is 5. The van der Waals surface area contributed by atoms with Crippen molar-refractivity contribution in [3.8, 4) is 0 Å². The second-order valence-electron chi connectivity index (χ2n) is 4.77. The minimum Gasteiger partial charge on any atom is -0.382 e. The van der Waals surface area contributed by atoms with Gasteiger partial charge in [0, 0.05) is 24.6 Å². The highest BCUT2D eigenvalue weighted by Gasteiger charge is 2.07. The lowest BCUT2D eigenvalue weighted by Crippen LogP contribution is -2.23. The summed E-state index contributed by atoms with van der Waals surface area (Å²) < 4.78 is 0. The largest absolute Gasteiger partial charge is 0.382 e. The second kappa shape index (κ2) is 6.65. The van der Waals surface area contributed by atoms with Crippen LogP contribution in [-0.4, -0.2) is 21.9 Å². The molecule has 0 bridgehead atoms. The van der Waals surface area contributed by atoms with Gasteiger partial charge < -0.3 is 10.6 Å². The monoisotopic (exact) mass is 270 g/mol. The van der Waals surface area contributed by atoms with E-state index in [0.29, 0.717) is 18.2 Å². The van der Waals surface area contributed by atoms with Crippen LogP contribution in [0, 0.1) is 0 Å². The molecule has 5 nitrogen and oxygen atoms in total. The molecule has 104 valence electrons. The third-order valence-corrected chi connectivity index (χ3v) is 2.61. The Kier molecular flexibility index (Phi) is 4.65. The highest BCUT2D eigenvalue weighted by Crippen LogP contribution is 2.09. The van der Waals surface area contributed by atoms with Gasteiger partial charge in [0.25, 0.3) is 5.91 Å². The van der Waals surface area contributed by atoms with Crippen molar-refractivity contribution < 1.29 is 4.79 Å². The van der Waals surface area contributed by atoms with E-state index >= 15 is 0 Å². The lowest BCUT2D eigenvalue weighted by Gasteiger charge is -2.10. The number of amides is 1. The first-order valence-electron chi connectivity index (χ1n) is 6.55. The lowest BCUT2D eigenvalue weighted by atomic mass is 10.2. The minimum atomic E-state index is -0.157. The maximum absolute atomic E-state index is 12.0. The Morgan fingerprint density at radius 3 is 2.85 bits per heavy atom. The van der Waals surface area contributed by atoms with Crippen molar-refractivity contribution in [2.24, 2.45) is 0 Å². The molecule has 0 aliphatic rings. The fraction of sp³-hybridized carbons (Fsp3) is 0.267. The van der Waals surface area contributed by atoms with Crippen molar-refractivity contribution in [3.05, 3.63) is 54.1 Å². The third kappa shape index (κ3) is 4.05. The molecule has 2 aromatic rings. The number of anilines is 1. The first kappa shape index (κ1) is 14.0. The van der Waals surface area contributed by atoms with Gasteiger partial charge in [0.1, 0.15) is 0 Å². The maximum atomic E-state index is 12.0. The summed E-state index contributed by atoms with van der Waals surface area (Å²) >= 11 is 0. The highest BCUT2D eigenvalue weighted by atomic mass is 16.1. The van der Waals surface area contributed by atoms with E-state index in [0.717, 1.165) is 11.4 Å². The molecule has 0 aliphatic heterocycles. The van der Waals surface area contributed by atoms with Crippen LogP contribution >= 0.6 is 0 Å². The number of carbonyl (C=O) groups excluding carboxylic acids is 1. The molecular weight excluding hydrogens is 252 g/mol. The van der Waals surface area contributed by atoms with E-state index in [1.165, 1.54) is 0 Å². The molecular formula is C15H18N4O. The first-order valence-corrected chi connectivity index (χ1v) is 6.55. The highest BCUT2D eigenvalue weighted by molar-refractivity contribution is 5.94. The molecule has 2 rings (SSSR count). The van der Waals surface area contributed by atoms with Crippen molar-refractivity contribution in [1.82, 2.24) is 15.3 Å². The van der Waals surface area contributed by atoms with Gasteiger partial charge in [-0.15, -0.1) is 0 Å². The average Bonchev–Trinajstić information content (AvgIpc) is 2.45. The van der Waals surface area contributed by atoms with E-state index in [4.69, 9.17) is 0 Å². The van der Waals surface area contributed by atoms with Crippen LogP contribution in [0.2, 0.25) is 0 Å². The minimum absolute atomic E-state index is 0.157. The predicted octanol–water partition coefficient (Wildman–Crippen LogP) is 2.23. The molecule has 0 fully saturated rings. The lowest BCUT2D eigenvalue weighted by molar-refractivity contribution is 0.0950. The zero-order valence-corrected chi connectivity index (χ0v) is 11.6. The molecule has 0 unspecified atom stereocenters. The molecule has 0 spiro atoms. The number of nitrogens with one attached hydrogen (secondary N) is 2. The van der Waals surface area contributed by atoms with Gasteiger partial charge in [-0.25, -0.2) is 0 Å². The van der Waals surface area contributed by atoms with E-state index in [9.17, 15) is 4.79 Å². The van der Waals surface area contributed by atoms with Gasteiger partial charge in [-0.2, -0.15) is 0 Å². The Bertz CT molecular complexity index is 569. The molecule has 0 saturated heterocycles. The van der Waals surface area contributed by atoms with Crippen molar-refractivity contribution in [2.75, 3.05) is 5.32 Å². The number of carbonyl (C=O) groups is 1. The number of hydrogen-bond acceptors (Lipinski definition) is 4. The van der Waals surface area contributed by atoms with Crippen molar-refractivity contribution in [1.29, 1.82) is 0 Å². The Hall–Kier alpha value is -2.43. The van der Waals surface area contributed by atoms with Crippen LogP contribution in [0.15, 0.2) is 42.9 Å². The topological polar surface area (TPSA) is 66.9 Å². The standard InChI is InChI=1S/C15H18N4O/c1-11(2)19-14-7-12(8-16-9-14)15(20)18-10-13-5-3-4-6-17-13/h3-9,11,19H,10H2,1-2H3,(H,18,20). The Morgan fingerprint density at radius 1 is 1.30 bits per heavy atom. The molecule has 5 heteroatoms. The normalized spacial score (nSPS) is 10.3. The average molecular weight is 270 g/mol. The van der Waals surface area contributed by atoms with Gasteiger partial charge in [0.2, 0.25) is 0 Å². The van der Waals surface area contributed by atoms with Crippen LogP contribution in [-0.2, 0) is 6.54 Å². The van der Waals surface area contributed by atoms with Gasteiger partial charge in [-0.1, -0.05) is 6.07 Å². The Morgan fingerprint density at radius 2 is 2.15 bits per heavy atom. The van der Waals surface area contributed by atoms with Crippen LogP contribution in [0.3, 0.4) is 0 Å². The van der Waals surface area contributed by atoms with Gasteiger partial charge in [0.15, 0.2) is 0 Å². The number of hydrogen-bond donors (Lipinski definition) is 2. The molecule has 0 aliphatic carbocycles. The molecule has 2 N–H and O–H groups in total. The predicted molar refractivity (Wildman–Crippen MR) is 78.4 cm³/mol. The smallest absolute Gasteiger partial charge is 0.253 e. The van der Waals surface area contributed by atoms with Crippen LogP contribution in [0.25, 0.3) is 0 Å². The van der Waals surface area contributed by atoms with Gasteiger partial charge in [-0.3, -0.25) is 14.8 Å². The number of nitrogens with zero attached hydrogens (tertiary/aromatic N) is 2. The molecule has 0 saturated carbocycles. The van der Waals surface area contributed by atoms with Crippen LogP contribution in [0.4, 0.5) is 5.69 Å². The molecule has 0 radical (unpaired) electrons. The maximum Gasteiger partial charge on any atom is 0.253 e. The summed E-state index contributed by atoms with van der Waals surface area (Å²) in [5.74, 6) is -0.157. The van der Waals surface area contributed by atoms with E-state index in [-0.39, 0.29) is 5.91 Å². The summed E-state index contributed by atoms with van der Waals surface area (Å²) in [5.41, 5.74) is 2.20. The molecule has 1 amide bonds. The van der Waals surface area contributed by atoms with Crippen LogP contribution < -0.4 is 10.6 Å². The van der Waals surface area contributed by atoms with Crippen molar-refractivity contribution in [3.63, 3.8) is 0 Å². The number of pyridine rings is 2. The Labute approximate surface area is 118 Å². The van der Waals surface area contributed by atoms with Gasteiger partial charge in [-0.05, 0) is 32.0 Å². The van der Waals surface area contributed by atoms with Crippen LogP contribution in [0.5, 0.6) is 0 Å². The fourth-order valence-electron chi connectivity index (χ4n) is 1.75. The molecule has 0 aromatic carbocycles. The summed E-state index contributed by atoms with van der Waals surface area (Å²) in [6.07, 6.45) is 4.96. The fourth-order valence-corrected chi connectivity index (χ4v) is 1.75. The summed E-state index contributed by atoms with van der Waals surface area (Å²) in [4.78, 5) is 20.3. The SMILES string of the molecule is CC(C)Nc1cncc(C(=O)NCc2ccccn2)c1. The zero-order chi connectivity index (χ0) is 14.4. The van der Waals surface area contributed by atoms with Crippen molar-refractivity contribution >= 4 is 11.6 Å². The van der Waals surface area contributed by atoms with E-state index in [1.54, 1.807) is 24.7 Å². The van der Waals surface area contributed by atoms with Gasteiger partial charge >= 0.3 is 0 Å². The quantitative estimate of drug-likeness (QED) is 0.874.